The first kappa shape index (κ1) is 16.6. The molecule has 4 nitrogen and oxygen atoms in total. The van der Waals surface area contributed by atoms with Crippen molar-refractivity contribution in [3.63, 3.8) is 0 Å². The van der Waals surface area contributed by atoms with E-state index in [0.717, 1.165) is 32.6 Å². The van der Waals surface area contributed by atoms with E-state index in [-0.39, 0.29) is 16.8 Å². The quantitative estimate of drug-likeness (QED) is 0.536. The molecule has 0 N–H and O–H groups in total. The highest BCUT2D eigenvalue weighted by molar-refractivity contribution is 14.1. The molecule has 0 amide bonds. The molecular formula is C18H21BINO3. The maximum atomic E-state index is 12.7. The standard InChI is InChI=1S/C18H21BINO3/c1-17(2)18(3,4)24-19(23-17)11-5-8-13-14(9-11)15(20)10-21(16(13)22)12-6-7-12/h5,8-10,12H,6-7H2,1-4H3. The molecule has 1 aliphatic carbocycles. The zero-order valence-electron chi connectivity index (χ0n) is 14.4. The van der Waals surface area contributed by atoms with Gasteiger partial charge in [0, 0.05) is 26.6 Å². The van der Waals surface area contributed by atoms with E-state index in [1.807, 2.05) is 56.7 Å². The Morgan fingerprint density at radius 2 is 1.75 bits per heavy atom. The molecule has 0 spiro atoms. The minimum absolute atomic E-state index is 0.105. The number of halogens is 1. The number of nitrogens with zero attached hydrogens (tertiary/aromatic N) is 1. The molecule has 1 saturated heterocycles. The van der Waals surface area contributed by atoms with E-state index in [0.29, 0.717) is 6.04 Å². The van der Waals surface area contributed by atoms with Crippen LogP contribution < -0.4 is 11.0 Å². The second-order valence-corrected chi connectivity index (χ2v) is 8.98. The summed E-state index contributed by atoms with van der Waals surface area (Å²) in [5.74, 6) is 0. The zero-order valence-corrected chi connectivity index (χ0v) is 16.6. The summed E-state index contributed by atoms with van der Waals surface area (Å²) in [5.41, 5.74) is 0.334. The second kappa shape index (κ2) is 5.32. The molecule has 0 atom stereocenters. The van der Waals surface area contributed by atoms with Crippen LogP contribution in [-0.2, 0) is 9.31 Å². The molecule has 2 fully saturated rings. The number of rotatable bonds is 2. The lowest BCUT2D eigenvalue weighted by Crippen LogP contribution is -2.41. The Morgan fingerprint density at radius 1 is 1.12 bits per heavy atom. The average molecular weight is 437 g/mol. The third-order valence-electron chi connectivity index (χ3n) is 5.48. The highest BCUT2D eigenvalue weighted by Gasteiger charge is 2.51. The van der Waals surface area contributed by atoms with Crippen LogP contribution >= 0.6 is 22.6 Å². The summed E-state index contributed by atoms with van der Waals surface area (Å²) < 4.78 is 15.2. The van der Waals surface area contributed by atoms with Crippen molar-refractivity contribution in [1.82, 2.24) is 4.57 Å². The Labute approximate surface area is 155 Å². The van der Waals surface area contributed by atoms with Crippen LogP contribution in [0.1, 0.15) is 46.6 Å². The minimum Gasteiger partial charge on any atom is -0.399 e. The van der Waals surface area contributed by atoms with Crippen molar-refractivity contribution in [2.45, 2.75) is 57.8 Å². The molecule has 126 valence electrons. The van der Waals surface area contributed by atoms with Gasteiger partial charge in [-0.2, -0.15) is 0 Å². The lowest BCUT2D eigenvalue weighted by molar-refractivity contribution is 0.00578. The number of aromatic nitrogens is 1. The van der Waals surface area contributed by atoms with Crippen molar-refractivity contribution in [2.24, 2.45) is 0 Å². The zero-order chi connectivity index (χ0) is 17.3. The number of pyridine rings is 1. The maximum Gasteiger partial charge on any atom is 0.494 e. The Kier molecular flexibility index (Phi) is 3.68. The van der Waals surface area contributed by atoms with Gasteiger partial charge in [0.2, 0.25) is 0 Å². The molecule has 1 aliphatic heterocycles. The first-order valence-electron chi connectivity index (χ1n) is 8.39. The molecular weight excluding hydrogens is 416 g/mol. The Bertz CT molecular complexity index is 870. The van der Waals surface area contributed by atoms with Gasteiger partial charge in [0.1, 0.15) is 0 Å². The first-order chi connectivity index (χ1) is 11.2. The van der Waals surface area contributed by atoms with Crippen molar-refractivity contribution in [3.8, 4) is 0 Å². The van der Waals surface area contributed by atoms with E-state index in [1.165, 1.54) is 0 Å². The van der Waals surface area contributed by atoms with E-state index in [9.17, 15) is 4.79 Å². The summed E-state index contributed by atoms with van der Waals surface area (Å²) in [6, 6.07) is 6.30. The van der Waals surface area contributed by atoms with Crippen molar-refractivity contribution in [1.29, 1.82) is 0 Å². The van der Waals surface area contributed by atoms with E-state index < -0.39 is 7.12 Å². The normalized spacial score (nSPS) is 22.3. The van der Waals surface area contributed by atoms with Crippen molar-refractivity contribution >= 4 is 45.9 Å². The van der Waals surface area contributed by atoms with Crippen LogP contribution in [0.5, 0.6) is 0 Å². The topological polar surface area (TPSA) is 40.5 Å². The van der Waals surface area contributed by atoms with E-state index in [4.69, 9.17) is 9.31 Å². The molecule has 2 aromatic rings. The fourth-order valence-electron chi connectivity index (χ4n) is 3.09. The third kappa shape index (κ3) is 2.54. The maximum absolute atomic E-state index is 12.7. The first-order valence-corrected chi connectivity index (χ1v) is 9.47. The fourth-order valence-corrected chi connectivity index (χ4v) is 3.83. The monoisotopic (exact) mass is 437 g/mol. The number of fused-ring (bicyclic) bond motifs is 1. The summed E-state index contributed by atoms with van der Waals surface area (Å²) in [6.07, 6.45) is 4.19. The van der Waals surface area contributed by atoms with Crippen molar-refractivity contribution < 1.29 is 9.31 Å². The van der Waals surface area contributed by atoms with Crippen molar-refractivity contribution in [3.05, 3.63) is 38.3 Å². The molecule has 24 heavy (non-hydrogen) atoms. The van der Waals surface area contributed by atoms with Crippen LogP contribution in [0, 0.1) is 3.57 Å². The third-order valence-corrected chi connectivity index (χ3v) is 6.34. The molecule has 1 aromatic heterocycles. The molecule has 1 saturated carbocycles. The number of hydrogen-bond donors (Lipinski definition) is 0. The van der Waals surface area contributed by atoms with Crippen LogP contribution in [0.15, 0.2) is 29.2 Å². The smallest absolute Gasteiger partial charge is 0.399 e. The van der Waals surface area contributed by atoms with Gasteiger partial charge in [-0.05, 0) is 74.7 Å². The molecule has 2 heterocycles. The molecule has 2 aliphatic rings. The largest absolute Gasteiger partial charge is 0.494 e. The highest BCUT2D eigenvalue weighted by atomic mass is 127. The van der Waals surface area contributed by atoms with Gasteiger partial charge in [0.25, 0.3) is 5.56 Å². The molecule has 4 rings (SSSR count). The summed E-state index contributed by atoms with van der Waals surface area (Å²) >= 11 is 2.31. The van der Waals surface area contributed by atoms with Gasteiger partial charge in [0.15, 0.2) is 0 Å². The van der Waals surface area contributed by atoms with Gasteiger partial charge >= 0.3 is 7.12 Å². The van der Waals surface area contributed by atoms with Crippen LogP contribution in [0.3, 0.4) is 0 Å². The molecule has 1 aromatic carbocycles. The lowest BCUT2D eigenvalue weighted by atomic mass is 9.78. The fraction of sp³-hybridized carbons (Fsp3) is 0.500. The molecule has 0 unspecified atom stereocenters. The lowest BCUT2D eigenvalue weighted by Gasteiger charge is -2.32. The molecule has 0 bridgehead atoms. The summed E-state index contributed by atoms with van der Waals surface area (Å²) in [6.45, 7) is 8.19. The highest BCUT2D eigenvalue weighted by Crippen LogP contribution is 2.37. The Morgan fingerprint density at radius 3 is 2.33 bits per heavy atom. The van der Waals surface area contributed by atoms with Gasteiger partial charge in [-0.3, -0.25) is 4.79 Å². The second-order valence-electron chi connectivity index (χ2n) is 7.81. The predicted molar refractivity (Wildman–Crippen MR) is 105 cm³/mol. The van der Waals surface area contributed by atoms with E-state index >= 15 is 0 Å². The molecule has 6 heteroatoms. The Balaban J connectivity index is 1.79. The van der Waals surface area contributed by atoms with E-state index in [2.05, 4.69) is 22.6 Å². The van der Waals surface area contributed by atoms with Crippen LogP contribution in [0.25, 0.3) is 10.8 Å². The van der Waals surface area contributed by atoms with Gasteiger partial charge in [-0.15, -0.1) is 0 Å². The van der Waals surface area contributed by atoms with Crippen LogP contribution in [0.4, 0.5) is 0 Å². The van der Waals surface area contributed by atoms with Crippen molar-refractivity contribution in [2.75, 3.05) is 0 Å². The van der Waals surface area contributed by atoms with Gasteiger partial charge in [-0.25, -0.2) is 0 Å². The minimum atomic E-state index is -0.402. The summed E-state index contributed by atoms with van der Waals surface area (Å²) in [4.78, 5) is 12.7. The van der Waals surface area contributed by atoms with Gasteiger partial charge in [0.05, 0.1) is 11.2 Å². The summed E-state index contributed by atoms with van der Waals surface area (Å²) in [5, 5.41) is 1.75. The van der Waals surface area contributed by atoms with Gasteiger partial charge < -0.3 is 13.9 Å². The average Bonchev–Trinajstić information content (AvgIpc) is 3.30. The van der Waals surface area contributed by atoms with Crippen LogP contribution in [0.2, 0.25) is 0 Å². The predicted octanol–water partition coefficient (Wildman–Crippen LogP) is 3.24. The SMILES string of the molecule is CC1(C)OB(c2ccc3c(=O)n(C4CC4)cc(I)c3c2)OC1(C)C. The van der Waals surface area contributed by atoms with Crippen LogP contribution in [-0.4, -0.2) is 22.9 Å². The Hall–Kier alpha value is -0.855. The summed E-state index contributed by atoms with van der Waals surface area (Å²) in [7, 11) is -0.402. The molecule has 0 radical (unpaired) electrons. The van der Waals surface area contributed by atoms with E-state index in [1.54, 1.807) is 0 Å². The van der Waals surface area contributed by atoms with Gasteiger partial charge in [-0.1, -0.05) is 12.1 Å². The number of hydrogen-bond acceptors (Lipinski definition) is 3. The number of benzene rings is 1.